The summed E-state index contributed by atoms with van der Waals surface area (Å²) in [5, 5.41) is 13.4. The molecule has 1 aliphatic carbocycles. The van der Waals surface area contributed by atoms with E-state index in [1.807, 2.05) is 0 Å². The number of rotatable bonds is 1. The molecule has 2 aliphatic heterocycles. The van der Waals surface area contributed by atoms with Gasteiger partial charge in [-0.25, -0.2) is 0 Å². The quantitative estimate of drug-likeness (QED) is 0.289. The maximum absolute atomic E-state index is 6.29. The topological polar surface area (TPSA) is 126 Å². The van der Waals surface area contributed by atoms with E-state index in [1.165, 1.54) is 32.1 Å². The lowest BCUT2D eigenvalue weighted by Gasteiger charge is -2.51. The Morgan fingerprint density at radius 1 is 0.684 bits per heavy atom. The van der Waals surface area contributed by atoms with E-state index >= 15 is 0 Å². The summed E-state index contributed by atoms with van der Waals surface area (Å²) in [5.74, 6) is 0.653. The van der Waals surface area contributed by atoms with Crippen LogP contribution in [0, 0.1) is 5.92 Å². The zero-order chi connectivity index (χ0) is 13.4. The fraction of sp³-hybridized carbons (Fsp3) is 1.00. The second-order valence-corrected chi connectivity index (χ2v) is 6.12. The molecule has 3 aliphatic rings. The van der Waals surface area contributed by atoms with Crippen LogP contribution in [0.15, 0.2) is 0 Å². The van der Waals surface area contributed by atoms with E-state index in [0.29, 0.717) is 12.0 Å². The summed E-state index contributed by atoms with van der Waals surface area (Å²) >= 11 is 0. The molecule has 0 spiro atoms. The largest absolute Gasteiger partial charge is 0.315 e. The third-order valence-corrected chi connectivity index (χ3v) is 4.78. The van der Waals surface area contributed by atoms with E-state index in [9.17, 15) is 0 Å². The van der Waals surface area contributed by atoms with Crippen molar-refractivity contribution in [3.05, 3.63) is 0 Å². The van der Waals surface area contributed by atoms with Gasteiger partial charge in [-0.1, -0.05) is 19.3 Å². The van der Waals surface area contributed by atoms with Crippen LogP contribution in [0.3, 0.4) is 0 Å². The molecule has 0 aromatic rings. The Hall–Kier alpha value is -0.280. The molecule has 0 aromatic carbocycles. The van der Waals surface area contributed by atoms with Crippen LogP contribution in [0.1, 0.15) is 32.1 Å². The highest BCUT2D eigenvalue weighted by Gasteiger charge is 2.43. The average Bonchev–Trinajstić information content (AvgIpc) is 2.38. The average molecular weight is 269 g/mol. The molecule has 7 nitrogen and oxygen atoms in total. The number of hydrogen-bond donors (Lipinski definition) is 7. The van der Waals surface area contributed by atoms with Crippen molar-refractivity contribution in [1.29, 1.82) is 0 Å². The van der Waals surface area contributed by atoms with Crippen molar-refractivity contribution in [3.63, 3.8) is 0 Å². The minimum atomic E-state index is -0.288. The van der Waals surface area contributed by atoms with Crippen molar-refractivity contribution in [2.24, 2.45) is 23.1 Å². The van der Waals surface area contributed by atoms with E-state index in [-0.39, 0.29) is 30.8 Å². The van der Waals surface area contributed by atoms with Crippen LogP contribution < -0.4 is 38.5 Å². The predicted molar refractivity (Wildman–Crippen MR) is 74.4 cm³/mol. The van der Waals surface area contributed by atoms with E-state index in [2.05, 4.69) is 21.3 Å². The number of fused-ring (bicyclic) bond motifs is 1. The van der Waals surface area contributed by atoms with Gasteiger partial charge >= 0.3 is 0 Å². The van der Waals surface area contributed by atoms with Gasteiger partial charge < -0.3 is 22.5 Å². The molecule has 6 atom stereocenters. The summed E-state index contributed by atoms with van der Waals surface area (Å²) in [4.78, 5) is 0. The molecule has 0 bridgehead atoms. The fourth-order valence-electron chi connectivity index (χ4n) is 3.77. The van der Waals surface area contributed by atoms with Gasteiger partial charge in [-0.05, 0) is 18.8 Å². The van der Waals surface area contributed by atoms with Crippen LogP contribution in [-0.4, -0.2) is 36.9 Å². The van der Waals surface area contributed by atoms with Crippen LogP contribution in [0.2, 0.25) is 0 Å². The minimum absolute atomic E-state index is 0.0288. The Morgan fingerprint density at radius 3 is 2.11 bits per heavy atom. The molecule has 19 heavy (non-hydrogen) atoms. The van der Waals surface area contributed by atoms with Crippen LogP contribution in [0.4, 0.5) is 0 Å². The van der Waals surface area contributed by atoms with Gasteiger partial charge in [-0.3, -0.25) is 16.0 Å². The van der Waals surface area contributed by atoms with Gasteiger partial charge in [0.25, 0.3) is 0 Å². The van der Waals surface area contributed by atoms with Crippen molar-refractivity contribution in [1.82, 2.24) is 21.3 Å². The van der Waals surface area contributed by atoms with Gasteiger partial charge in [-0.15, -0.1) is 0 Å². The van der Waals surface area contributed by atoms with Crippen LogP contribution in [0.25, 0.3) is 0 Å². The standard InChI is InChI=1S/C12H27N7/c13-9-7(6-4-2-1-3-5-6)16-8-10(14)18-12(15)19-11(8)17-9/h6-12,16-19H,1-5,13-15H2. The van der Waals surface area contributed by atoms with E-state index < -0.39 is 0 Å². The number of piperazine rings is 1. The first-order chi connectivity index (χ1) is 9.15. The Labute approximate surface area is 114 Å². The van der Waals surface area contributed by atoms with Gasteiger partial charge in [-0.2, -0.15) is 0 Å². The normalized spacial score (nSPS) is 48.8. The maximum atomic E-state index is 6.29. The van der Waals surface area contributed by atoms with Crippen molar-refractivity contribution in [2.75, 3.05) is 0 Å². The summed E-state index contributed by atoms with van der Waals surface area (Å²) in [5.41, 5.74) is 18.3. The first-order valence-corrected chi connectivity index (χ1v) is 7.46. The molecule has 0 aromatic heterocycles. The highest BCUT2D eigenvalue weighted by Crippen LogP contribution is 2.29. The number of nitrogens with two attached hydrogens (primary N) is 3. The van der Waals surface area contributed by atoms with Crippen LogP contribution in [0.5, 0.6) is 0 Å². The van der Waals surface area contributed by atoms with Crippen LogP contribution >= 0.6 is 0 Å². The van der Waals surface area contributed by atoms with Crippen molar-refractivity contribution >= 4 is 0 Å². The molecule has 110 valence electrons. The van der Waals surface area contributed by atoms with Crippen LogP contribution in [-0.2, 0) is 0 Å². The number of nitrogens with one attached hydrogen (secondary N) is 4. The Balaban J connectivity index is 1.68. The van der Waals surface area contributed by atoms with E-state index in [1.54, 1.807) is 0 Å². The molecule has 3 fully saturated rings. The van der Waals surface area contributed by atoms with Gasteiger partial charge in [0.1, 0.15) is 6.29 Å². The second kappa shape index (κ2) is 5.61. The number of hydrogen-bond acceptors (Lipinski definition) is 7. The van der Waals surface area contributed by atoms with Gasteiger partial charge in [0.15, 0.2) is 0 Å². The Morgan fingerprint density at radius 2 is 1.37 bits per heavy atom. The molecule has 7 heteroatoms. The van der Waals surface area contributed by atoms with Gasteiger partial charge in [0.05, 0.1) is 24.5 Å². The highest BCUT2D eigenvalue weighted by atomic mass is 15.4. The molecule has 2 heterocycles. The first-order valence-electron chi connectivity index (χ1n) is 7.46. The third kappa shape index (κ3) is 2.78. The zero-order valence-corrected chi connectivity index (χ0v) is 11.3. The molecule has 6 unspecified atom stereocenters. The Bertz CT molecular complexity index is 306. The lowest BCUT2D eigenvalue weighted by molar-refractivity contribution is 0.0706. The predicted octanol–water partition coefficient (Wildman–Crippen LogP) is -2.17. The van der Waals surface area contributed by atoms with Gasteiger partial charge in [0.2, 0.25) is 0 Å². The monoisotopic (exact) mass is 269 g/mol. The lowest BCUT2D eigenvalue weighted by atomic mass is 9.81. The molecular weight excluding hydrogens is 242 g/mol. The van der Waals surface area contributed by atoms with Crippen molar-refractivity contribution in [2.45, 2.75) is 69.0 Å². The molecule has 10 N–H and O–H groups in total. The maximum Gasteiger partial charge on any atom is 0.111 e. The minimum Gasteiger partial charge on any atom is -0.315 e. The summed E-state index contributed by atoms with van der Waals surface area (Å²) in [6.07, 6.45) is 6.05. The summed E-state index contributed by atoms with van der Waals surface area (Å²) in [6, 6.07) is 0.414. The molecule has 1 saturated carbocycles. The molecule has 0 radical (unpaired) electrons. The second-order valence-electron chi connectivity index (χ2n) is 6.12. The van der Waals surface area contributed by atoms with E-state index in [4.69, 9.17) is 17.2 Å². The van der Waals surface area contributed by atoms with E-state index in [0.717, 1.165) is 0 Å². The Kier molecular flexibility index (Phi) is 4.04. The smallest absolute Gasteiger partial charge is 0.111 e. The molecule has 3 rings (SSSR count). The van der Waals surface area contributed by atoms with Gasteiger partial charge in [0, 0.05) is 6.04 Å². The highest BCUT2D eigenvalue weighted by molar-refractivity contribution is 5.03. The molecule has 2 saturated heterocycles. The van der Waals surface area contributed by atoms with Crippen molar-refractivity contribution < 1.29 is 0 Å². The lowest BCUT2D eigenvalue weighted by Crippen LogP contribution is -2.84. The third-order valence-electron chi connectivity index (χ3n) is 4.78. The first kappa shape index (κ1) is 13.7. The summed E-state index contributed by atoms with van der Waals surface area (Å²) in [7, 11) is 0. The molecular formula is C12H27N7. The molecule has 0 amide bonds. The fourth-order valence-corrected chi connectivity index (χ4v) is 3.77. The SMILES string of the molecule is NC1NC(N)C2NC(C3CCCCC3)C(N)NC2N1. The summed E-state index contributed by atoms with van der Waals surface area (Å²) < 4.78 is 0. The zero-order valence-electron chi connectivity index (χ0n) is 11.3. The van der Waals surface area contributed by atoms with Crippen molar-refractivity contribution in [3.8, 4) is 0 Å². The summed E-state index contributed by atoms with van der Waals surface area (Å²) in [6.45, 7) is 0.